The molecular weight excluding hydrogens is 436 g/mol. The molecule has 9 N–H and O–H groups in total. The Labute approximate surface area is 191 Å². The van der Waals surface area contributed by atoms with Gasteiger partial charge in [-0.15, -0.1) is 0 Å². The monoisotopic (exact) mass is 468 g/mol. The third kappa shape index (κ3) is 8.67. The van der Waals surface area contributed by atoms with E-state index in [4.69, 9.17) is 10.8 Å². The number of nitrogens with one attached hydrogen (secondary N) is 3. The van der Waals surface area contributed by atoms with E-state index < -0.39 is 66.5 Å². The average molecular weight is 469 g/mol. The number of nitrogens with two attached hydrogens (primary N) is 1. The summed E-state index contributed by atoms with van der Waals surface area (Å²) in [5.74, 6) is -4.26. The number of amides is 3. The Morgan fingerprint density at radius 3 is 1.91 bits per heavy atom. The average Bonchev–Trinajstić information content (AvgIpc) is 2.74. The number of carboxylic acid groups (broad SMARTS) is 1. The molecule has 3 amide bonds. The lowest BCUT2D eigenvalue weighted by atomic mass is 10.0. The number of hydrogen-bond donors (Lipinski definition) is 8. The van der Waals surface area contributed by atoms with E-state index in [-0.39, 0.29) is 12.2 Å². The predicted molar refractivity (Wildman–Crippen MR) is 117 cm³/mol. The molecule has 0 heterocycles. The maximum atomic E-state index is 12.7. The number of aliphatic hydroxyl groups is 2. The smallest absolute Gasteiger partial charge is 0.328 e. The van der Waals surface area contributed by atoms with Gasteiger partial charge in [-0.1, -0.05) is 26.0 Å². The van der Waals surface area contributed by atoms with Crippen molar-refractivity contribution in [3.05, 3.63) is 29.8 Å². The molecule has 12 heteroatoms. The number of aliphatic hydroxyl groups excluding tert-OH is 2. The number of aromatic hydroxyl groups is 1. The van der Waals surface area contributed by atoms with Gasteiger partial charge in [-0.05, 0) is 37.0 Å². The van der Waals surface area contributed by atoms with Crippen LogP contribution in [0.1, 0.15) is 26.3 Å². The van der Waals surface area contributed by atoms with Crippen molar-refractivity contribution in [2.24, 2.45) is 11.7 Å². The van der Waals surface area contributed by atoms with E-state index in [9.17, 15) is 34.5 Å². The van der Waals surface area contributed by atoms with Crippen LogP contribution in [0.25, 0.3) is 0 Å². The second kappa shape index (κ2) is 12.7. The summed E-state index contributed by atoms with van der Waals surface area (Å²) in [5, 5.41) is 44.2. The Balaban J connectivity index is 2.81. The van der Waals surface area contributed by atoms with Gasteiger partial charge in [0.1, 0.15) is 17.8 Å². The minimum Gasteiger partial charge on any atom is -0.508 e. The zero-order chi connectivity index (χ0) is 25.3. The fourth-order valence-corrected chi connectivity index (χ4v) is 2.87. The van der Waals surface area contributed by atoms with E-state index in [1.165, 1.54) is 12.1 Å². The summed E-state index contributed by atoms with van der Waals surface area (Å²) in [7, 11) is 0. The van der Waals surface area contributed by atoms with E-state index in [0.717, 1.165) is 6.92 Å². The van der Waals surface area contributed by atoms with Crippen LogP contribution in [0.4, 0.5) is 0 Å². The summed E-state index contributed by atoms with van der Waals surface area (Å²) in [6.45, 7) is 3.62. The quantitative estimate of drug-likeness (QED) is 0.167. The Morgan fingerprint density at radius 1 is 0.909 bits per heavy atom. The molecule has 5 atom stereocenters. The first-order valence-corrected chi connectivity index (χ1v) is 10.3. The normalized spacial score (nSPS) is 15.6. The van der Waals surface area contributed by atoms with Gasteiger partial charge in [0.2, 0.25) is 17.7 Å². The lowest BCUT2D eigenvalue weighted by molar-refractivity contribution is -0.145. The zero-order valence-corrected chi connectivity index (χ0v) is 18.7. The molecule has 0 aromatic heterocycles. The molecule has 1 aromatic carbocycles. The number of carboxylic acids is 1. The van der Waals surface area contributed by atoms with E-state index >= 15 is 0 Å². The summed E-state index contributed by atoms with van der Waals surface area (Å²) in [4.78, 5) is 48.7. The number of phenolic OH excluding ortho intramolecular Hbond substituents is 1. The highest BCUT2D eigenvalue weighted by molar-refractivity contribution is 5.94. The summed E-state index contributed by atoms with van der Waals surface area (Å²) in [6, 6.07) is 0.881. The van der Waals surface area contributed by atoms with Crippen molar-refractivity contribution in [3.8, 4) is 5.75 Å². The molecule has 0 aliphatic carbocycles. The van der Waals surface area contributed by atoms with Gasteiger partial charge in [-0.25, -0.2) is 4.79 Å². The van der Waals surface area contributed by atoms with Gasteiger partial charge in [0.15, 0.2) is 6.04 Å². The number of carbonyl (C=O) groups excluding carboxylic acids is 3. The molecule has 0 bridgehead atoms. The second-order valence-corrected chi connectivity index (χ2v) is 8.02. The predicted octanol–water partition coefficient (Wildman–Crippen LogP) is -2.17. The van der Waals surface area contributed by atoms with Crippen LogP contribution in [-0.2, 0) is 25.6 Å². The molecule has 0 saturated heterocycles. The maximum absolute atomic E-state index is 12.7. The van der Waals surface area contributed by atoms with Crippen LogP contribution in [0.2, 0.25) is 0 Å². The molecule has 0 saturated carbocycles. The number of carbonyl (C=O) groups is 4. The highest BCUT2D eigenvalue weighted by Crippen LogP contribution is 2.11. The van der Waals surface area contributed by atoms with Crippen molar-refractivity contribution >= 4 is 23.7 Å². The SMILES string of the molecule is CC(C)C(NC(=O)C(N)Cc1ccc(O)cc1)C(=O)NC(CO)C(=O)NC(C(=O)O)C(C)O. The van der Waals surface area contributed by atoms with Crippen molar-refractivity contribution in [1.29, 1.82) is 0 Å². The highest BCUT2D eigenvalue weighted by Gasteiger charge is 2.32. The molecule has 0 aliphatic heterocycles. The van der Waals surface area contributed by atoms with Crippen LogP contribution < -0.4 is 21.7 Å². The number of benzene rings is 1. The van der Waals surface area contributed by atoms with Gasteiger partial charge in [0.05, 0.1) is 18.8 Å². The lowest BCUT2D eigenvalue weighted by Crippen LogP contribution is -2.60. The molecular formula is C21H32N4O8. The van der Waals surface area contributed by atoms with Crippen molar-refractivity contribution in [2.75, 3.05) is 6.61 Å². The molecule has 0 fully saturated rings. The zero-order valence-electron chi connectivity index (χ0n) is 18.7. The number of rotatable bonds is 12. The van der Waals surface area contributed by atoms with Crippen molar-refractivity contribution in [2.45, 2.75) is 57.5 Å². The lowest BCUT2D eigenvalue weighted by Gasteiger charge is -2.26. The summed E-state index contributed by atoms with van der Waals surface area (Å²) in [5.41, 5.74) is 6.63. The summed E-state index contributed by atoms with van der Waals surface area (Å²) >= 11 is 0. The molecule has 0 radical (unpaired) electrons. The minimum absolute atomic E-state index is 0.0684. The van der Waals surface area contributed by atoms with Gasteiger partial charge in [0, 0.05) is 0 Å². The van der Waals surface area contributed by atoms with Crippen LogP contribution in [0.5, 0.6) is 5.75 Å². The molecule has 12 nitrogen and oxygen atoms in total. The van der Waals surface area contributed by atoms with Gasteiger partial charge >= 0.3 is 5.97 Å². The number of phenols is 1. The fraction of sp³-hybridized carbons (Fsp3) is 0.524. The van der Waals surface area contributed by atoms with E-state index in [1.807, 2.05) is 5.32 Å². The molecule has 0 spiro atoms. The van der Waals surface area contributed by atoms with Crippen LogP contribution in [0.15, 0.2) is 24.3 Å². The van der Waals surface area contributed by atoms with E-state index in [0.29, 0.717) is 5.56 Å². The first-order valence-electron chi connectivity index (χ1n) is 10.3. The Morgan fingerprint density at radius 2 is 1.45 bits per heavy atom. The van der Waals surface area contributed by atoms with Gasteiger partial charge < -0.3 is 42.1 Å². The third-order valence-corrected chi connectivity index (χ3v) is 4.84. The Bertz CT molecular complexity index is 828. The van der Waals surface area contributed by atoms with Crippen molar-refractivity contribution in [1.82, 2.24) is 16.0 Å². The first-order chi connectivity index (χ1) is 15.4. The fourth-order valence-electron chi connectivity index (χ4n) is 2.87. The Kier molecular flexibility index (Phi) is 10.7. The van der Waals surface area contributed by atoms with Gasteiger partial charge in [-0.3, -0.25) is 14.4 Å². The van der Waals surface area contributed by atoms with Gasteiger partial charge in [-0.2, -0.15) is 0 Å². The standard InChI is InChI=1S/C21H32N4O8/c1-10(2)16(24-18(29)14(22)8-12-4-6-13(28)7-5-12)20(31)23-15(9-26)19(30)25-17(11(3)27)21(32)33/h4-7,10-11,14-17,26-28H,8-9,22H2,1-3H3,(H,23,31)(H,24,29)(H,25,30)(H,32,33). The van der Waals surface area contributed by atoms with E-state index in [1.54, 1.807) is 26.0 Å². The second-order valence-electron chi connectivity index (χ2n) is 8.02. The summed E-state index contributed by atoms with van der Waals surface area (Å²) in [6.07, 6.45) is -1.27. The van der Waals surface area contributed by atoms with Crippen LogP contribution in [0.3, 0.4) is 0 Å². The first kappa shape index (κ1) is 27.8. The highest BCUT2D eigenvalue weighted by atomic mass is 16.4. The van der Waals surface area contributed by atoms with Crippen molar-refractivity contribution < 1.29 is 39.6 Å². The molecule has 33 heavy (non-hydrogen) atoms. The molecule has 1 rings (SSSR count). The molecule has 1 aromatic rings. The molecule has 0 aliphatic rings. The number of aliphatic carboxylic acids is 1. The topological polar surface area (TPSA) is 211 Å². The minimum atomic E-state index is -1.64. The summed E-state index contributed by atoms with van der Waals surface area (Å²) < 4.78 is 0. The maximum Gasteiger partial charge on any atom is 0.328 e. The van der Waals surface area contributed by atoms with Crippen LogP contribution >= 0.6 is 0 Å². The van der Waals surface area contributed by atoms with Crippen molar-refractivity contribution in [3.63, 3.8) is 0 Å². The van der Waals surface area contributed by atoms with Crippen LogP contribution in [-0.4, -0.2) is 81.0 Å². The third-order valence-electron chi connectivity index (χ3n) is 4.84. The largest absolute Gasteiger partial charge is 0.508 e. The number of hydrogen-bond acceptors (Lipinski definition) is 8. The molecule has 184 valence electrons. The Hall–Kier alpha value is -3.22. The van der Waals surface area contributed by atoms with E-state index in [2.05, 4.69) is 10.6 Å². The molecule has 5 unspecified atom stereocenters. The van der Waals surface area contributed by atoms with Gasteiger partial charge in [0.25, 0.3) is 0 Å². The van der Waals surface area contributed by atoms with Crippen LogP contribution in [0, 0.1) is 5.92 Å².